The van der Waals surface area contributed by atoms with Gasteiger partial charge in [-0.1, -0.05) is 199 Å². The molecule has 0 aliphatic carbocycles. The van der Waals surface area contributed by atoms with Crippen molar-refractivity contribution < 1.29 is 80.1 Å². The molecule has 8 aromatic carbocycles. The van der Waals surface area contributed by atoms with E-state index in [1.54, 1.807) is 107 Å². The van der Waals surface area contributed by atoms with Gasteiger partial charge in [0, 0.05) is 83.1 Å². The number of thioether (sulfide) groups is 3. The van der Waals surface area contributed by atoms with Gasteiger partial charge in [-0.05, 0) is 291 Å². The van der Waals surface area contributed by atoms with Crippen molar-refractivity contribution in [3.63, 3.8) is 0 Å². The third kappa shape index (κ3) is 32.1. The topological polar surface area (TPSA) is 325 Å². The molecule has 7 aliphatic heterocycles. The molecule has 0 bridgehead atoms. The average molecular weight is 2360 g/mol. The lowest BCUT2D eigenvalue weighted by molar-refractivity contribution is 0.00578. The van der Waals surface area contributed by atoms with Crippen molar-refractivity contribution in [2.45, 2.75) is 271 Å². The summed E-state index contributed by atoms with van der Waals surface area (Å²) in [6.07, 6.45) is 1.46. The predicted octanol–water partition coefficient (Wildman–Crippen LogP) is 22.2. The van der Waals surface area contributed by atoms with E-state index in [0.29, 0.717) is 44.6 Å². The fraction of sp³-hybridized carbons (Fsp3) is 0.435. The monoisotopic (exact) mass is 2350 g/mol. The highest BCUT2D eigenvalue weighted by Gasteiger charge is 2.64. The van der Waals surface area contributed by atoms with Crippen LogP contribution in [0.4, 0.5) is 5.82 Å². The van der Waals surface area contributed by atoms with E-state index < -0.39 is 47.1 Å². The number of nitrogens with two attached hydrogens (primary N) is 1. The number of esters is 1. The summed E-state index contributed by atoms with van der Waals surface area (Å²) >= 11 is 17.4. The highest BCUT2D eigenvalue weighted by Crippen LogP contribution is 2.46. The van der Waals surface area contributed by atoms with Crippen LogP contribution >= 0.6 is 106 Å². The van der Waals surface area contributed by atoms with E-state index in [1.807, 2.05) is 197 Å². The lowest BCUT2D eigenvalue weighted by Crippen LogP contribution is -2.46. The van der Waals surface area contributed by atoms with Crippen molar-refractivity contribution in [2.75, 3.05) is 42.5 Å². The van der Waals surface area contributed by atoms with Crippen molar-refractivity contribution in [1.29, 1.82) is 0 Å². The maximum absolute atomic E-state index is 14.0. The number of carboxylic acids is 1. The summed E-state index contributed by atoms with van der Waals surface area (Å²) in [6, 6.07) is 68.5. The minimum atomic E-state index is -4.01. The number of nitrogens with zero attached hydrogens (tertiary/aromatic N) is 6. The third-order valence-electron chi connectivity index (χ3n) is 25.6. The molecule has 145 heavy (non-hydrogen) atoms. The van der Waals surface area contributed by atoms with Gasteiger partial charge in [0.2, 0.25) is 0 Å². The SMILES string of the molecule is CC(C)(CO)NC(=O)c1cccc(Br)c1.CC(C)(N)CO.CC1(C)CSC(c2cccc(B3OC(C)(C)C(C)(C)O3)c2)=N1.CC1(C)CSC(c2cccc(B3OC(C)(C)C(C)(C)O3)c2)=N1.CC1(C)CSC(c2cccc(Br)c2)=N1.CC1(C)OB(B2OC(C)(C)C(C)(C)O2)OC1(C)C.COC(=O)c1cnc(N(Cc2ccccc2)Cc2ccccc2)c2c1cc(I)n2S(=O)(=O)c1ccccc1.O=C(O)c1cccc(Br)c1. The number of fused-ring (bicyclic) bond motifs is 1. The molecule has 1 amide bonds. The molecule has 7 aliphatic rings. The van der Waals surface area contributed by atoms with E-state index in [9.17, 15) is 22.8 Å². The summed E-state index contributed by atoms with van der Waals surface area (Å²) in [5.74, 6) is 1.91. The molecule has 0 spiro atoms. The Balaban J connectivity index is 0.000000178. The molecule has 17 rings (SSSR count). The molecular formula is C108H138B4Br3IN8O17S4. The molecule has 0 atom stereocenters. The van der Waals surface area contributed by atoms with Gasteiger partial charge in [0.15, 0.2) is 5.82 Å². The number of rotatable bonds is 19. The highest BCUT2D eigenvalue weighted by atomic mass is 127. The van der Waals surface area contributed by atoms with Crippen molar-refractivity contribution in [3.05, 3.63) is 286 Å². The number of hydrogen-bond donors (Lipinski definition) is 5. The molecule has 6 N–H and O–H groups in total. The number of carboxylic acid groups (broad SMARTS) is 1. The van der Waals surface area contributed by atoms with Crippen LogP contribution in [0.2, 0.25) is 0 Å². The molecule has 25 nitrogen and oxygen atoms in total. The average Bonchev–Trinajstić information content (AvgIpc) is 1.58. The number of aromatic nitrogens is 2. The quantitative estimate of drug-likeness (QED) is 0.0285. The van der Waals surface area contributed by atoms with Crippen molar-refractivity contribution in [1.82, 2.24) is 14.3 Å². The van der Waals surface area contributed by atoms with Gasteiger partial charge in [-0.15, -0.1) is 35.3 Å². The zero-order chi connectivity index (χ0) is 107. The summed E-state index contributed by atoms with van der Waals surface area (Å²) < 4.78 is 85.8. The number of pyridine rings is 1. The van der Waals surface area contributed by atoms with Gasteiger partial charge in [-0.25, -0.2) is 27.0 Å². The Kier molecular flexibility index (Phi) is 40.0. The Morgan fingerprint density at radius 2 is 0.814 bits per heavy atom. The first-order valence-electron chi connectivity index (χ1n) is 47.8. The first-order valence-corrected chi connectivity index (χ1v) is 55.7. The van der Waals surface area contributed by atoms with Crippen LogP contribution in [0.5, 0.6) is 0 Å². The fourth-order valence-corrected chi connectivity index (χ4v) is 21.9. The van der Waals surface area contributed by atoms with Gasteiger partial charge in [0.05, 0.1) is 122 Å². The Labute approximate surface area is 910 Å². The Hall–Kier alpha value is -7.34. The second kappa shape index (κ2) is 48.5. The zero-order valence-electron chi connectivity index (χ0n) is 88.1. The first kappa shape index (κ1) is 120. The maximum atomic E-state index is 14.0. The van der Waals surface area contributed by atoms with Crippen molar-refractivity contribution in [3.8, 4) is 0 Å². The number of anilines is 1. The summed E-state index contributed by atoms with van der Waals surface area (Å²) in [4.78, 5) is 55.9. The van der Waals surface area contributed by atoms with E-state index in [1.165, 1.54) is 22.8 Å². The number of halogens is 4. The van der Waals surface area contributed by atoms with Gasteiger partial charge >= 0.3 is 40.2 Å². The molecule has 4 saturated heterocycles. The Morgan fingerprint density at radius 1 is 0.476 bits per heavy atom. The molecule has 4 fully saturated rings. The van der Waals surface area contributed by atoms with Gasteiger partial charge in [0.1, 0.15) is 5.52 Å². The van der Waals surface area contributed by atoms with Gasteiger partial charge in [-0.3, -0.25) is 19.8 Å². The number of aliphatic imine (C=N–C) groups is 3. The number of nitrogens with one attached hydrogen (secondary N) is 1. The minimum Gasteiger partial charge on any atom is -0.478 e. The normalized spacial score (nSPS) is 18.8. The molecular weight excluding hydrogens is 2220 g/mol. The van der Waals surface area contributed by atoms with Gasteiger partial charge in [-0.2, -0.15) is 0 Å². The number of amides is 1. The van der Waals surface area contributed by atoms with E-state index in [0.717, 1.165) is 79.0 Å². The number of aliphatic hydroxyl groups is 2. The number of benzene rings is 8. The molecule has 10 aromatic rings. The van der Waals surface area contributed by atoms with Crippen LogP contribution in [0.25, 0.3) is 10.9 Å². The van der Waals surface area contributed by atoms with Crippen LogP contribution in [0, 0.1) is 3.70 Å². The fourth-order valence-electron chi connectivity index (χ4n) is 14.5. The minimum absolute atomic E-state index is 0.0281. The number of aromatic carboxylic acids is 1. The van der Waals surface area contributed by atoms with Crippen LogP contribution < -0.4 is 26.9 Å². The van der Waals surface area contributed by atoms with Crippen molar-refractivity contribution >= 4 is 205 Å². The molecule has 2 aromatic heterocycles. The van der Waals surface area contributed by atoms with Crippen LogP contribution in [0.3, 0.4) is 0 Å². The number of ether oxygens (including phenoxy) is 1. The molecule has 9 heterocycles. The summed E-state index contributed by atoms with van der Waals surface area (Å²) in [5, 5.41) is 32.4. The lowest BCUT2D eigenvalue weighted by Gasteiger charge is -2.32. The Bertz CT molecular complexity index is 6150. The number of carbonyl (C=O) groups excluding carboxylic acids is 2. The molecule has 776 valence electrons. The molecule has 37 heteroatoms. The smallest absolute Gasteiger partial charge is 0.478 e. The van der Waals surface area contributed by atoms with E-state index >= 15 is 0 Å². The third-order valence-corrected chi connectivity index (χ3v) is 34.3. The zero-order valence-corrected chi connectivity index (χ0v) is 98.3. The number of methoxy groups -OCH3 is 1. The predicted molar refractivity (Wildman–Crippen MR) is 615 cm³/mol. The standard InChI is InChI=1S/C29H24IN3O4S.2C17H24BNO2S.C12H24B2O4.C11H14BrNO2.C11H12BrNS.C7H5BrO2.C4H11NO/c1-37-29(34)25-18-31-28(32(19-21-11-5-2-6-12-21)20-22-13-7-3-8-14-22)27-24(25)17-26(30)33(27)38(35,36)23-15-9-4-10-16-23;2*1-15(2)11-22-14(19-15)12-8-7-9-13(10-12)18-20-16(3,4)17(5,6)21-18;1-9(2)10(3,4)16-13(15-9)14-17-11(5,6)12(7,8)18-14;1-11(2,7-14)13-10(15)8-4-3-5-9(12)6-8;1-11(2)7-14-10(13-11)8-4-3-5-9(12)6-8;8-6-3-1-2-5(4-6)7(9)10;1-4(2,5)3-6/h2-18H,19-20H2,1H3;2*7-10H,11H2,1-6H3;1-8H3;3-6,14H,7H2,1-2H3,(H,13,15);3-6H,7H2,1-2H3;1-4H,(H,9,10);6H,3,5H2,1-2H3. The maximum Gasteiger partial charge on any atom is 0.494 e. The largest absolute Gasteiger partial charge is 0.494 e. The van der Waals surface area contributed by atoms with Crippen LogP contribution in [0.15, 0.2) is 258 Å². The lowest BCUT2D eigenvalue weighted by atomic mass is 9.49. The van der Waals surface area contributed by atoms with E-state index in [-0.39, 0.29) is 105 Å². The number of aliphatic hydroxyl groups excluding tert-OH is 2. The molecule has 0 unspecified atom stereocenters. The Morgan fingerprint density at radius 3 is 1.14 bits per heavy atom. The van der Waals surface area contributed by atoms with Crippen molar-refractivity contribution in [2.24, 2.45) is 20.7 Å². The second-order valence-corrected chi connectivity index (χ2v) is 51.9. The number of hydrogen-bond acceptors (Lipinski definition) is 25. The highest BCUT2D eigenvalue weighted by molar-refractivity contribution is 14.1. The second-order valence-electron chi connectivity index (χ2n) is 43.3. The summed E-state index contributed by atoms with van der Waals surface area (Å²) in [6.45, 7) is 53.9. The molecule has 0 saturated carbocycles. The van der Waals surface area contributed by atoms with Gasteiger partial charge < -0.3 is 73.2 Å². The van der Waals surface area contributed by atoms with Crippen LogP contribution in [-0.4, -0.2) is 204 Å². The van der Waals surface area contributed by atoms with E-state index in [4.69, 9.17) is 78.0 Å². The van der Waals surface area contributed by atoms with E-state index in [2.05, 4.69) is 216 Å². The molecule has 0 radical (unpaired) electrons. The first-order chi connectivity index (χ1) is 67.2. The van der Waals surface area contributed by atoms with Crippen LogP contribution in [-0.2, 0) is 65.1 Å². The van der Waals surface area contributed by atoms with Gasteiger partial charge in [0.25, 0.3) is 15.9 Å². The summed E-state index contributed by atoms with van der Waals surface area (Å²) in [7, 11) is -4.30. The number of carbonyl (C=O) groups is 3. The summed E-state index contributed by atoms with van der Waals surface area (Å²) in [5.41, 5.74) is 10.9. The van der Waals surface area contributed by atoms with Crippen LogP contribution in [0.1, 0.15) is 239 Å².